The molecule has 5 heteroatoms. The minimum absolute atomic E-state index is 0.341. The van der Waals surface area contributed by atoms with E-state index < -0.39 is 5.91 Å². The van der Waals surface area contributed by atoms with Gasteiger partial charge in [-0.15, -0.1) is 0 Å². The van der Waals surface area contributed by atoms with Gasteiger partial charge in [-0.2, -0.15) is 0 Å². The lowest BCUT2D eigenvalue weighted by atomic mass is 10.1. The van der Waals surface area contributed by atoms with E-state index in [1.807, 2.05) is 31.3 Å². The largest absolute Gasteiger partial charge is 0.329 e. The van der Waals surface area contributed by atoms with Gasteiger partial charge in [0.15, 0.2) is 0 Å². The Hall–Kier alpha value is -1.69. The maximum Gasteiger partial charge on any atom is 0.267 e. The Morgan fingerprint density at radius 1 is 1.47 bits per heavy atom. The average molecular weight is 263 g/mol. The third-order valence-corrected chi connectivity index (χ3v) is 3.04. The molecule has 0 bridgehead atoms. The normalized spacial score (nSPS) is 12.9. The number of carbonyl (C=O) groups excluding carboxylic acids is 1. The first-order valence-electron chi connectivity index (χ1n) is 6.18. The molecular formula is C14H21N3O2. The van der Waals surface area contributed by atoms with Gasteiger partial charge >= 0.3 is 0 Å². The van der Waals surface area contributed by atoms with Crippen molar-refractivity contribution in [2.45, 2.75) is 19.5 Å². The van der Waals surface area contributed by atoms with E-state index in [1.165, 1.54) is 11.6 Å². The fourth-order valence-electron chi connectivity index (χ4n) is 1.57. The molecule has 0 aromatic heterocycles. The topological polar surface area (TPSA) is 78.6 Å². The Labute approximate surface area is 113 Å². The van der Waals surface area contributed by atoms with Gasteiger partial charge in [-0.3, -0.25) is 14.9 Å². The number of benzene rings is 1. The van der Waals surface area contributed by atoms with E-state index in [-0.39, 0.29) is 0 Å². The molecule has 4 N–H and O–H groups in total. The molecule has 0 aliphatic rings. The molecule has 104 valence electrons. The SMILES string of the molecule is CC(CN)N(C)Cc1ccc(C=CC(=O)NO)cc1. The van der Waals surface area contributed by atoms with Crippen molar-refractivity contribution in [2.24, 2.45) is 5.73 Å². The van der Waals surface area contributed by atoms with Crippen LogP contribution < -0.4 is 11.2 Å². The summed E-state index contributed by atoms with van der Waals surface area (Å²) in [6, 6.07) is 8.22. The molecule has 1 amide bonds. The lowest BCUT2D eigenvalue weighted by Gasteiger charge is -2.23. The molecule has 1 atom stereocenters. The van der Waals surface area contributed by atoms with Crippen LogP contribution in [0.3, 0.4) is 0 Å². The summed E-state index contributed by atoms with van der Waals surface area (Å²) in [6.45, 7) is 3.55. The summed E-state index contributed by atoms with van der Waals surface area (Å²) in [5.74, 6) is -0.541. The Kier molecular flexibility index (Phi) is 6.21. The molecular weight excluding hydrogens is 242 g/mol. The summed E-state index contributed by atoms with van der Waals surface area (Å²) < 4.78 is 0. The van der Waals surface area contributed by atoms with Gasteiger partial charge in [-0.25, -0.2) is 5.48 Å². The van der Waals surface area contributed by atoms with Gasteiger partial charge in [0.05, 0.1) is 0 Å². The number of nitrogens with two attached hydrogens (primary N) is 1. The van der Waals surface area contributed by atoms with Crippen molar-refractivity contribution in [3.63, 3.8) is 0 Å². The predicted molar refractivity (Wildman–Crippen MR) is 75.4 cm³/mol. The van der Waals surface area contributed by atoms with Crippen LogP contribution in [0, 0.1) is 0 Å². The van der Waals surface area contributed by atoms with Crippen LogP contribution in [0.5, 0.6) is 0 Å². The Morgan fingerprint density at radius 3 is 2.63 bits per heavy atom. The second-order valence-electron chi connectivity index (χ2n) is 4.55. The Balaban J connectivity index is 2.61. The van der Waals surface area contributed by atoms with Crippen LogP contribution in [0.15, 0.2) is 30.3 Å². The summed E-state index contributed by atoms with van der Waals surface area (Å²) in [4.78, 5) is 13.0. The van der Waals surface area contributed by atoms with Gasteiger partial charge < -0.3 is 5.73 Å². The molecule has 0 fully saturated rings. The van der Waals surface area contributed by atoms with Crippen molar-refractivity contribution in [3.05, 3.63) is 41.5 Å². The van der Waals surface area contributed by atoms with Crippen molar-refractivity contribution in [1.82, 2.24) is 10.4 Å². The number of nitrogens with one attached hydrogen (secondary N) is 1. The number of hydroxylamine groups is 1. The molecule has 0 aliphatic heterocycles. The van der Waals surface area contributed by atoms with Crippen molar-refractivity contribution in [1.29, 1.82) is 0 Å². The molecule has 1 rings (SSSR count). The maximum atomic E-state index is 10.8. The summed E-state index contributed by atoms with van der Waals surface area (Å²) >= 11 is 0. The molecule has 0 heterocycles. The number of nitrogens with zero attached hydrogens (tertiary/aromatic N) is 1. The maximum absolute atomic E-state index is 10.8. The van der Waals surface area contributed by atoms with Crippen molar-refractivity contribution < 1.29 is 10.0 Å². The van der Waals surface area contributed by atoms with Gasteiger partial charge in [0.25, 0.3) is 5.91 Å². The highest BCUT2D eigenvalue weighted by molar-refractivity contribution is 5.90. The first-order valence-corrected chi connectivity index (χ1v) is 6.18. The smallest absolute Gasteiger partial charge is 0.267 e. The van der Waals surface area contributed by atoms with E-state index in [9.17, 15) is 4.79 Å². The third-order valence-electron chi connectivity index (χ3n) is 3.04. The molecule has 1 aromatic rings. The van der Waals surface area contributed by atoms with E-state index in [1.54, 1.807) is 11.6 Å². The zero-order valence-corrected chi connectivity index (χ0v) is 11.3. The molecule has 1 unspecified atom stereocenters. The van der Waals surface area contributed by atoms with E-state index in [0.29, 0.717) is 12.6 Å². The Morgan fingerprint density at radius 2 is 2.11 bits per heavy atom. The summed E-state index contributed by atoms with van der Waals surface area (Å²) in [5.41, 5.74) is 9.26. The van der Waals surface area contributed by atoms with Gasteiger partial charge in [-0.05, 0) is 31.2 Å². The lowest BCUT2D eigenvalue weighted by molar-refractivity contribution is -0.124. The van der Waals surface area contributed by atoms with Crippen LogP contribution in [-0.2, 0) is 11.3 Å². The van der Waals surface area contributed by atoms with Gasteiger partial charge in [0.2, 0.25) is 0 Å². The van der Waals surface area contributed by atoms with E-state index in [2.05, 4.69) is 11.8 Å². The molecule has 0 spiro atoms. The third kappa shape index (κ3) is 5.21. The van der Waals surface area contributed by atoms with Crippen LogP contribution in [0.25, 0.3) is 6.08 Å². The van der Waals surface area contributed by atoms with Crippen LogP contribution >= 0.6 is 0 Å². The number of hydrogen-bond donors (Lipinski definition) is 3. The number of rotatable bonds is 6. The first kappa shape index (κ1) is 15.4. The highest BCUT2D eigenvalue weighted by Crippen LogP contribution is 2.09. The fourth-order valence-corrected chi connectivity index (χ4v) is 1.57. The summed E-state index contributed by atoms with van der Waals surface area (Å²) in [6.07, 6.45) is 2.92. The average Bonchev–Trinajstić information content (AvgIpc) is 2.45. The second kappa shape index (κ2) is 7.68. The Bertz CT molecular complexity index is 429. The molecule has 0 saturated carbocycles. The van der Waals surface area contributed by atoms with Crippen LogP contribution in [0.4, 0.5) is 0 Å². The highest BCUT2D eigenvalue weighted by Gasteiger charge is 2.07. The number of carbonyl (C=O) groups is 1. The zero-order valence-electron chi connectivity index (χ0n) is 11.3. The summed E-state index contributed by atoms with van der Waals surface area (Å²) in [5, 5.41) is 8.36. The molecule has 0 radical (unpaired) electrons. The van der Waals surface area contributed by atoms with Gasteiger partial charge in [0, 0.05) is 25.2 Å². The number of amides is 1. The molecule has 19 heavy (non-hydrogen) atoms. The predicted octanol–water partition coefficient (Wildman–Crippen LogP) is 0.984. The van der Waals surface area contributed by atoms with Crippen molar-refractivity contribution >= 4 is 12.0 Å². The first-order chi connectivity index (χ1) is 9.06. The van der Waals surface area contributed by atoms with Crippen LogP contribution in [0.1, 0.15) is 18.1 Å². The zero-order chi connectivity index (χ0) is 14.3. The standard InChI is InChI=1S/C14H21N3O2/c1-11(9-15)17(2)10-13-5-3-12(4-6-13)7-8-14(18)16-19/h3-8,11,19H,9-10,15H2,1-2H3,(H,16,18). The lowest BCUT2D eigenvalue weighted by Crippen LogP contribution is -2.34. The number of hydrogen-bond acceptors (Lipinski definition) is 4. The van der Waals surface area contributed by atoms with Gasteiger partial charge in [-0.1, -0.05) is 24.3 Å². The molecule has 0 saturated heterocycles. The quantitative estimate of drug-likeness (QED) is 0.406. The minimum atomic E-state index is -0.541. The molecule has 1 aromatic carbocycles. The van der Waals surface area contributed by atoms with Gasteiger partial charge in [0.1, 0.15) is 0 Å². The monoisotopic (exact) mass is 263 g/mol. The van der Waals surface area contributed by atoms with E-state index >= 15 is 0 Å². The minimum Gasteiger partial charge on any atom is -0.329 e. The molecule has 5 nitrogen and oxygen atoms in total. The van der Waals surface area contributed by atoms with Crippen molar-refractivity contribution in [3.8, 4) is 0 Å². The van der Waals surface area contributed by atoms with Crippen LogP contribution in [0.2, 0.25) is 0 Å². The highest BCUT2D eigenvalue weighted by atomic mass is 16.5. The van der Waals surface area contributed by atoms with E-state index in [4.69, 9.17) is 10.9 Å². The van der Waals surface area contributed by atoms with Crippen LogP contribution in [-0.4, -0.2) is 35.6 Å². The summed E-state index contributed by atoms with van der Waals surface area (Å²) in [7, 11) is 2.04. The number of likely N-dealkylation sites (N-methyl/N-ethyl adjacent to an activating group) is 1. The van der Waals surface area contributed by atoms with E-state index in [0.717, 1.165) is 12.1 Å². The second-order valence-corrected chi connectivity index (χ2v) is 4.55. The molecule has 0 aliphatic carbocycles. The fraction of sp³-hybridized carbons (Fsp3) is 0.357. The van der Waals surface area contributed by atoms with Crippen molar-refractivity contribution in [2.75, 3.05) is 13.6 Å².